The first-order valence-corrected chi connectivity index (χ1v) is 31.8. The Balaban J connectivity index is 3.40. The fourth-order valence-corrected chi connectivity index (χ4v) is 10.3. The molecule has 6 heteroatoms. The molecule has 1 amide bonds. The third-order valence-corrected chi connectivity index (χ3v) is 15.2. The molecule has 6 nitrogen and oxygen atoms in total. The zero-order valence-electron chi connectivity index (χ0n) is 47.1. The predicted molar refractivity (Wildman–Crippen MR) is 301 cm³/mol. The van der Waals surface area contributed by atoms with Gasteiger partial charge in [-0.1, -0.05) is 328 Å². The van der Waals surface area contributed by atoms with Gasteiger partial charge in [0, 0.05) is 12.8 Å². The van der Waals surface area contributed by atoms with Gasteiger partial charge in [-0.05, 0) is 25.7 Å². The topological polar surface area (TPSA) is 95.9 Å². The Morgan fingerprint density at radius 1 is 0.348 bits per heavy atom. The van der Waals surface area contributed by atoms with Crippen molar-refractivity contribution in [3.63, 3.8) is 0 Å². The second-order valence-corrected chi connectivity index (χ2v) is 22.1. The van der Waals surface area contributed by atoms with Crippen LogP contribution in [-0.4, -0.2) is 47.4 Å². The molecule has 3 N–H and O–H groups in total. The minimum atomic E-state index is -0.670. The standard InChI is InChI=1S/C63H125NO5/c1-3-5-7-9-11-13-15-17-19-21-22-23-24-25-27-31-35-39-43-47-51-55-61(66)60(59-65)64-62(67)56-52-48-44-40-36-32-28-26-30-34-38-42-46-50-54-58-69-63(68)57-53-49-45-41-37-33-29-20-18-16-14-12-10-8-6-4-2/h60-61,65-66H,3-59H2,1-2H3,(H,64,67). The van der Waals surface area contributed by atoms with Crippen LogP contribution in [0.5, 0.6) is 0 Å². The average molecular weight is 977 g/mol. The molecule has 0 aliphatic rings. The Morgan fingerprint density at radius 2 is 0.594 bits per heavy atom. The monoisotopic (exact) mass is 976 g/mol. The molecule has 2 atom stereocenters. The summed E-state index contributed by atoms with van der Waals surface area (Å²) >= 11 is 0. The lowest BCUT2D eigenvalue weighted by atomic mass is 10.0. The summed E-state index contributed by atoms with van der Waals surface area (Å²) in [6, 6.07) is -0.547. The van der Waals surface area contributed by atoms with Crippen LogP contribution < -0.4 is 5.32 Å². The number of aliphatic hydroxyl groups is 2. The number of ether oxygens (including phenoxy) is 1. The van der Waals surface area contributed by atoms with Crippen molar-refractivity contribution in [2.75, 3.05) is 13.2 Å². The van der Waals surface area contributed by atoms with Crippen molar-refractivity contribution in [3.05, 3.63) is 0 Å². The number of unbranched alkanes of at least 4 members (excludes halogenated alkanes) is 49. The van der Waals surface area contributed by atoms with E-state index < -0.39 is 12.1 Å². The van der Waals surface area contributed by atoms with Crippen molar-refractivity contribution >= 4 is 11.9 Å². The zero-order chi connectivity index (χ0) is 50.0. The first kappa shape index (κ1) is 67.9. The van der Waals surface area contributed by atoms with Gasteiger partial charge in [-0.25, -0.2) is 0 Å². The summed E-state index contributed by atoms with van der Waals surface area (Å²) in [5, 5.41) is 23.4. The number of rotatable bonds is 60. The van der Waals surface area contributed by atoms with Gasteiger partial charge in [0.1, 0.15) is 0 Å². The van der Waals surface area contributed by atoms with Gasteiger partial charge in [0.25, 0.3) is 0 Å². The van der Waals surface area contributed by atoms with E-state index in [4.69, 9.17) is 4.74 Å². The second-order valence-electron chi connectivity index (χ2n) is 22.1. The first-order valence-electron chi connectivity index (χ1n) is 31.8. The summed E-state index contributed by atoms with van der Waals surface area (Å²) in [7, 11) is 0. The molecule has 0 aromatic rings. The molecule has 0 radical (unpaired) electrons. The summed E-state index contributed by atoms with van der Waals surface area (Å²) in [5.41, 5.74) is 0. The molecule has 0 aliphatic carbocycles. The van der Waals surface area contributed by atoms with Crippen LogP contribution in [0.4, 0.5) is 0 Å². The van der Waals surface area contributed by atoms with Crippen molar-refractivity contribution < 1.29 is 24.5 Å². The Morgan fingerprint density at radius 3 is 0.884 bits per heavy atom. The predicted octanol–water partition coefficient (Wildman–Crippen LogP) is 19.9. The molecule has 0 heterocycles. The maximum atomic E-state index is 12.5. The Labute approximate surface area is 432 Å². The highest BCUT2D eigenvalue weighted by molar-refractivity contribution is 5.76. The lowest BCUT2D eigenvalue weighted by Crippen LogP contribution is -2.45. The maximum Gasteiger partial charge on any atom is 0.305 e. The van der Waals surface area contributed by atoms with Crippen molar-refractivity contribution in [1.82, 2.24) is 5.32 Å². The number of carbonyl (C=O) groups is 2. The minimum Gasteiger partial charge on any atom is -0.466 e. The summed E-state index contributed by atoms with van der Waals surface area (Å²) in [6.07, 6.45) is 69.6. The molecule has 0 saturated carbocycles. The normalized spacial score (nSPS) is 12.5. The minimum absolute atomic E-state index is 0.00571. The molecule has 0 fully saturated rings. The van der Waals surface area contributed by atoms with Gasteiger partial charge in [0.05, 0.1) is 25.4 Å². The molecule has 0 spiro atoms. The Hall–Kier alpha value is -1.14. The third-order valence-electron chi connectivity index (χ3n) is 15.2. The number of nitrogens with one attached hydrogen (secondary N) is 1. The van der Waals surface area contributed by atoms with Gasteiger partial charge in [-0.3, -0.25) is 9.59 Å². The van der Waals surface area contributed by atoms with Gasteiger partial charge in [-0.2, -0.15) is 0 Å². The summed E-state index contributed by atoms with van der Waals surface area (Å²) in [6.45, 7) is 4.98. The highest BCUT2D eigenvalue weighted by Gasteiger charge is 2.20. The van der Waals surface area contributed by atoms with Crippen LogP contribution in [0, 0.1) is 0 Å². The number of hydrogen-bond donors (Lipinski definition) is 3. The van der Waals surface area contributed by atoms with Crippen LogP contribution in [0.1, 0.15) is 367 Å². The van der Waals surface area contributed by atoms with Gasteiger partial charge in [0.2, 0.25) is 5.91 Å². The van der Waals surface area contributed by atoms with Crippen LogP contribution >= 0.6 is 0 Å². The van der Waals surface area contributed by atoms with Gasteiger partial charge < -0.3 is 20.3 Å². The number of esters is 1. The quantitative estimate of drug-likeness (QED) is 0.0417. The first-order chi connectivity index (χ1) is 34.0. The Kier molecular flexibility index (Phi) is 58.4. The molecule has 0 saturated heterocycles. The van der Waals surface area contributed by atoms with Crippen molar-refractivity contribution in [2.45, 2.75) is 379 Å². The van der Waals surface area contributed by atoms with E-state index in [-0.39, 0.29) is 18.5 Å². The maximum absolute atomic E-state index is 12.5. The number of carbonyl (C=O) groups excluding carboxylic acids is 2. The molecule has 0 aromatic heterocycles. The van der Waals surface area contributed by atoms with E-state index in [1.54, 1.807) is 0 Å². The molecule has 2 unspecified atom stereocenters. The fraction of sp³-hybridized carbons (Fsp3) is 0.968. The van der Waals surface area contributed by atoms with Crippen molar-refractivity contribution in [2.24, 2.45) is 0 Å². The average Bonchev–Trinajstić information content (AvgIpc) is 3.35. The smallest absolute Gasteiger partial charge is 0.305 e. The lowest BCUT2D eigenvalue weighted by Gasteiger charge is -2.22. The van der Waals surface area contributed by atoms with Crippen LogP contribution in [0.2, 0.25) is 0 Å². The van der Waals surface area contributed by atoms with Crippen LogP contribution in [0.3, 0.4) is 0 Å². The molecule has 0 aliphatic heterocycles. The van der Waals surface area contributed by atoms with Crippen LogP contribution in [0.15, 0.2) is 0 Å². The van der Waals surface area contributed by atoms with Gasteiger partial charge in [-0.15, -0.1) is 0 Å². The molecular weight excluding hydrogens is 851 g/mol. The van der Waals surface area contributed by atoms with Crippen molar-refractivity contribution in [3.8, 4) is 0 Å². The summed E-state index contributed by atoms with van der Waals surface area (Å²) < 4.78 is 5.49. The fourth-order valence-electron chi connectivity index (χ4n) is 10.3. The number of aliphatic hydroxyl groups excluding tert-OH is 2. The van der Waals surface area contributed by atoms with Crippen molar-refractivity contribution in [1.29, 1.82) is 0 Å². The molecular formula is C63H125NO5. The van der Waals surface area contributed by atoms with E-state index >= 15 is 0 Å². The molecule has 69 heavy (non-hydrogen) atoms. The molecule has 0 rings (SSSR count). The largest absolute Gasteiger partial charge is 0.466 e. The highest BCUT2D eigenvalue weighted by atomic mass is 16.5. The summed E-state index contributed by atoms with van der Waals surface area (Å²) in [4.78, 5) is 24.6. The SMILES string of the molecule is CCCCCCCCCCCCCCCCCCCCCCCC(O)C(CO)NC(=O)CCCCCCCCCCCCCCCCCOC(=O)CCCCCCCCCCCCCCCCCC. The molecule has 0 aromatic carbocycles. The van der Waals surface area contributed by atoms with Crippen LogP contribution in [-0.2, 0) is 14.3 Å². The van der Waals surface area contributed by atoms with E-state index in [2.05, 4.69) is 19.2 Å². The van der Waals surface area contributed by atoms with Gasteiger partial charge >= 0.3 is 5.97 Å². The second kappa shape index (κ2) is 59.4. The van der Waals surface area contributed by atoms with E-state index in [0.29, 0.717) is 25.9 Å². The van der Waals surface area contributed by atoms with E-state index in [0.717, 1.165) is 44.9 Å². The zero-order valence-corrected chi connectivity index (χ0v) is 47.1. The van der Waals surface area contributed by atoms with E-state index in [1.807, 2.05) is 0 Å². The van der Waals surface area contributed by atoms with Crippen LogP contribution in [0.25, 0.3) is 0 Å². The highest BCUT2D eigenvalue weighted by Crippen LogP contribution is 2.19. The van der Waals surface area contributed by atoms with E-state index in [9.17, 15) is 19.8 Å². The number of amides is 1. The number of hydrogen-bond acceptors (Lipinski definition) is 5. The Bertz CT molecular complexity index is 990. The third kappa shape index (κ3) is 56.0. The summed E-state index contributed by atoms with van der Waals surface area (Å²) in [5.74, 6) is -0.0328. The molecule has 412 valence electrons. The van der Waals surface area contributed by atoms with Gasteiger partial charge in [0.15, 0.2) is 0 Å². The lowest BCUT2D eigenvalue weighted by molar-refractivity contribution is -0.143. The van der Waals surface area contributed by atoms with E-state index in [1.165, 1.54) is 289 Å². The molecule has 0 bridgehead atoms.